The fourth-order valence-electron chi connectivity index (χ4n) is 3.05. The number of anilines is 2. The molecule has 0 unspecified atom stereocenters. The second-order valence-corrected chi connectivity index (χ2v) is 9.64. The summed E-state index contributed by atoms with van der Waals surface area (Å²) in [6.45, 7) is 2.50. The number of aromatic nitrogens is 5. The van der Waals surface area contributed by atoms with Crippen molar-refractivity contribution in [3.8, 4) is 11.4 Å². The van der Waals surface area contributed by atoms with Gasteiger partial charge in [-0.2, -0.15) is 0 Å². The van der Waals surface area contributed by atoms with Crippen molar-refractivity contribution in [2.24, 2.45) is 7.05 Å². The molecule has 3 N–H and O–H groups in total. The van der Waals surface area contributed by atoms with Gasteiger partial charge in [-0.1, -0.05) is 22.9 Å². The van der Waals surface area contributed by atoms with Gasteiger partial charge in [-0.25, -0.2) is 22.9 Å². The van der Waals surface area contributed by atoms with Crippen LogP contribution < -0.4 is 15.4 Å². The molecular formula is C19H21ClN8O4S. The lowest BCUT2D eigenvalue weighted by Crippen LogP contribution is -2.53. The molecular weight excluding hydrogens is 472 g/mol. The van der Waals surface area contributed by atoms with Crippen LogP contribution in [0.4, 0.5) is 16.3 Å². The van der Waals surface area contributed by atoms with Gasteiger partial charge >= 0.3 is 6.09 Å². The van der Waals surface area contributed by atoms with Crippen LogP contribution in [-0.2, 0) is 21.8 Å². The highest BCUT2D eigenvalue weighted by Gasteiger charge is 2.31. The number of carbonyl (C=O) groups is 1. The molecule has 12 nitrogen and oxygen atoms in total. The zero-order valence-corrected chi connectivity index (χ0v) is 19.3. The van der Waals surface area contributed by atoms with Crippen LogP contribution in [0.5, 0.6) is 0 Å². The third-order valence-corrected chi connectivity index (χ3v) is 7.05. The highest BCUT2D eigenvalue weighted by molar-refractivity contribution is 7.93. The summed E-state index contributed by atoms with van der Waals surface area (Å²) in [4.78, 5) is 20.7. The fraction of sp³-hybridized carbons (Fsp3) is 0.316. The average Bonchev–Trinajstić information content (AvgIpc) is 3.07. The summed E-state index contributed by atoms with van der Waals surface area (Å²) in [5.41, 5.74) is 1.56. The highest BCUT2D eigenvalue weighted by atomic mass is 35.5. The van der Waals surface area contributed by atoms with Gasteiger partial charge in [0.05, 0.1) is 17.6 Å². The number of rotatable bonds is 7. The molecule has 33 heavy (non-hydrogen) atoms. The van der Waals surface area contributed by atoms with Crippen LogP contribution >= 0.6 is 11.6 Å². The number of pyridine rings is 2. The molecule has 0 aliphatic carbocycles. The van der Waals surface area contributed by atoms with Crippen LogP contribution in [0.2, 0.25) is 5.15 Å². The number of carbonyl (C=O) groups excluding carboxylic acids is 1. The summed E-state index contributed by atoms with van der Waals surface area (Å²) < 4.78 is 33.8. The van der Waals surface area contributed by atoms with E-state index < -0.39 is 27.5 Å². The molecule has 0 aromatic carbocycles. The Morgan fingerprint density at radius 1 is 1.30 bits per heavy atom. The number of hydrogen-bond acceptors (Lipinski definition) is 9. The molecule has 1 saturated heterocycles. The van der Waals surface area contributed by atoms with E-state index in [1.165, 1.54) is 10.9 Å². The van der Waals surface area contributed by atoms with E-state index in [4.69, 9.17) is 16.3 Å². The predicted octanol–water partition coefficient (Wildman–Crippen LogP) is 1.95. The maximum atomic E-state index is 12.5. The summed E-state index contributed by atoms with van der Waals surface area (Å²) in [5.74, 6) is 0.255. The Hall–Kier alpha value is -3.29. The molecule has 3 aromatic rings. The predicted molar refractivity (Wildman–Crippen MR) is 121 cm³/mol. The van der Waals surface area contributed by atoms with E-state index in [1.54, 1.807) is 44.4 Å². The minimum absolute atomic E-state index is 0.245. The van der Waals surface area contributed by atoms with Gasteiger partial charge in [0.1, 0.15) is 16.5 Å². The summed E-state index contributed by atoms with van der Waals surface area (Å²) in [5, 5.41) is 13.3. The standard InChI is InChI=1S/C19H21ClN8O4S/c1-11(14-4-3-7-22-17(14)20)32-19(29)24-18-16(25-27-28(18)2)15-6-5-12(8-23-15)26-33(30,31)13-9-21-10-13/h3-8,11,13,21,26H,9-10H2,1-2H3,(H,24,29)/t11-/m1/s1. The second-order valence-electron chi connectivity index (χ2n) is 7.33. The normalized spacial score (nSPS) is 14.9. The van der Waals surface area contributed by atoms with Gasteiger partial charge < -0.3 is 10.1 Å². The number of nitrogens with one attached hydrogen (secondary N) is 3. The van der Waals surface area contributed by atoms with Crippen molar-refractivity contribution >= 4 is 39.2 Å². The molecule has 4 rings (SSSR count). The molecule has 1 aliphatic rings. The van der Waals surface area contributed by atoms with Gasteiger partial charge in [-0.05, 0) is 25.1 Å². The molecule has 0 saturated carbocycles. The van der Waals surface area contributed by atoms with E-state index in [9.17, 15) is 13.2 Å². The van der Waals surface area contributed by atoms with Gasteiger partial charge in [0.15, 0.2) is 11.5 Å². The highest BCUT2D eigenvalue weighted by Crippen LogP contribution is 2.27. The lowest BCUT2D eigenvalue weighted by Gasteiger charge is -2.27. The van der Waals surface area contributed by atoms with Crippen molar-refractivity contribution in [3.63, 3.8) is 0 Å². The van der Waals surface area contributed by atoms with Crippen LogP contribution in [-0.4, -0.2) is 57.8 Å². The molecule has 0 spiro atoms. The zero-order chi connectivity index (χ0) is 23.6. The van der Waals surface area contributed by atoms with Crippen molar-refractivity contribution in [1.82, 2.24) is 30.3 Å². The molecule has 1 aliphatic heterocycles. The lowest BCUT2D eigenvalue weighted by molar-refractivity contribution is 0.121. The second kappa shape index (κ2) is 9.29. The quantitative estimate of drug-likeness (QED) is 0.420. The van der Waals surface area contributed by atoms with Gasteiger partial charge in [-0.3, -0.25) is 15.0 Å². The molecule has 1 fully saturated rings. The van der Waals surface area contributed by atoms with Gasteiger partial charge in [0.2, 0.25) is 10.0 Å². The molecule has 14 heteroatoms. The third-order valence-electron chi connectivity index (χ3n) is 5.01. The van der Waals surface area contributed by atoms with E-state index in [1.807, 2.05) is 0 Å². The van der Waals surface area contributed by atoms with Crippen LogP contribution in [0.15, 0.2) is 36.7 Å². The molecule has 1 amide bonds. The number of hydrogen-bond donors (Lipinski definition) is 3. The zero-order valence-electron chi connectivity index (χ0n) is 17.7. The molecule has 1 atom stereocenters. The Balaban J connectivity index is 1.46. The van der Waals surface area contributed by atoms with Crippen LogP contribution in [0.3, 0.4) is 0 Å². The maximum absolute atomic E-state index is 12.5. The topological polar surface area (TPSA) is 153 Å². The van der Waals surface area contributed by atoms with E-state index in [2.05, 4.69) is 35.6 Å². The van der Waals surface area contributed by atoms with Crippen LogP contribution in [0.1, 0.15) is 18.6 Å². The average molecular weight is 493 g/mol. The first-order valence-corrected chi connectivity index (χ1v) is 11.8. The summed E-state index contributed by atoms with van der Waals surface area (Å²) >= 11 is 6.06. The van der Waals surface area contributed by atoms with Crippen molar-refractivity contribution in [1.29, 1.82) is 0 Å². The number of ether oxygens (including phenoxy) is 1. The van der Waals surface area contributed by atoms with Gasteiger partial charge in [-0.15, -0.1) is 5.10 Å². The minimum atomic E-state index is -3.48. The van der Waals surface area contributed by atoms with Crippen molar-refractivity contribution in [2.75, 3.05) is 23.1 Å². The fourth-order valence-corrected chi connectivity index (χ4v) is 4.61. The summed E-state index contributed by atoms with van der Waals surface area (Å²) in [7, 11) is -1.88. The van der Waals surface area contributed by atoms with Crippen LogP contribution in [0, 0.1) is 0 Å². The lowest BCUT2D eigenvalue weighted by atomic mass is 10.2. The number of nitrogens with zero attached hydrogens (tertiary/aromatic N) is 5. The number of amides is 1. The maximum Gasteiger partial charge on any atom is 0.413 e. The first kappa shape index (κ1) is 22.9. The first-order chi connectivity index (χ1) is 15.7. The van der Waals surface area contributed by atoms with E-state index in [0.717, 1.165) is 0 Å². The monoisotopic (exact) mass is 492 g/mol. The SMILES string of the molecule is C[C@@H](OC(=O)Nc1c(-c2ccc(NS(=O)(=O)C3CNC3)cn2)nnn1C)c1cccnc1Cl. The summed E-state index contributed by atoms with van der Waals surface area (Å²) in [6, 6.07) is 6.55. The van der Waals surface area contributed by atoms with E-state index in [0.29, 0.717) is 35.7 Å². The Kier molecular flexibility index (Phi) is 6.44. The van der Waals surface area contributed by atoms with Crippen molar-refractivity contribution < 1.29 is 17.9 Å². The Morgan fingerprint density at radius 3 is 2.73 bits per heavy atom. The first-order valence-electron chi connectivity index (χ1n) is 9.91. The number of sulfonamides is 1. The smallest absolute Gasteiger partial charge is 0.413 e. The van der Waals surface area contributed by atoms with E-state index >= 15 is 0 Å². The minimum Gasteiger partial charge on any atom is -0.441 e. The number of aryl methyl sites for hydroxylation is 1. The Labute approximate surface area is 194 Å². The molecule has 4 heterocycles. The Bertz CT molecular complexity index is 1260. The number of halogens is 1. The van der Waals surface area contributed by atoms with Crippen LogP contribution in [0.25, 0.3) is 11.4 Å². The van der Waals surface area contributed by atoms with Crippen molar-refractivity contribution in [2.45, 2.75) is 18.3 Å². The molecule has 0 bridgehead atoms. The Morgan fingerprint density at radius 2 is 2.09 bits per heavy atom. The largest absolute Gasteiger partial charge is 0.441 e. The van der Waals surface area contributed by atoms with Gasteiger partial charge in [0.25, 0.3) is 0 Å². The van der Waals surface area contributed by atoms with E-state index in [-0.39, 0.29) is 11.0 Å². The van der Waals surface area contributed by atoms with Gasteiger partial charge in [0, 0.05) is 31.9 Å². The molecule has 0 radical (unpaired) electrons. The molecule has 174 valence electrons. The molecule has 3 aromatic heterocycles. The summed E-state index contributed by atoms with van der Waals surface area (Å²) in [6.07, 6.45) is 1.53. The van der Waals surface area contributed by atoms with Crippen molar-refractivity contribution in [3.05, 3.63) is 47.4 Å². The third kappa shape index (κ3) is 5.05.